The number of carboxylic acids is 1. The maximum absolute atomic E-state index is 12.8. The van der Waals surface area contributed by atoms with Crippen molar-refractivity contribution in [3.05, 3.63) is 54.1 Å². The summed E-state index contributed by atoms with van der Waals surface area (Å²) in [6.45, 7) is 7.64. The van der Waals surface area contributed by atoms with Crippen molar-refractivity contribution < 1.29 is 33.6 Å². The minimum Gasteiger partial charge on any atom is -0.497 e. The van der Waals surface area contributed by atoms with Crippen molar-refractivity contribution in [3.63, 3.8) is 0 Å². The molecule has 2 rings (SSSR count). The summed E-state index contributed by atoms with van der Waals surface area (Å²) >= 11 is 0. The fraction of sp³-hybridized carbons (Fsp3) is 0.481. The molecular formula is C27H37NO7. The Morgan fingerprint density at radius 3 is 2.34 bits per heavy atom. The maximum Gasteiger partial charge on any atom is 0.415 e. The van der Waals surface area contributed by atoms with Crippen LogP contribution in [0.1, 0.15) is 39.2 Å². The molecule has 0 aliphatic heterocycles. The summed E-state index contributed by atoms with van der Waals surface area (Å²) in [7, 11) is 1.56. The van der Waals surface area contributed by atoms with E-state index in [-0.39, 0.29) is 6.42 Å². The second kappa shape index (κ2) is 14.9. The Kier molecular flexibility index (Phi) is 11.9. The van der Waals surface area contributed by atoms with Crippen LogP contribution in [0.3, 0.4) is 0 Å². The Morgan fingerprint density at radius 2 is 1.71 bits per heavy atom. The molecule has 0 saturated carbocycles. The van der Waals surface area contributed by atoms with E-state index in [0.29, 0.717) is 49.5 Å². The summed E-state index contributed by atoms with van der Waals surface area (Å²) < 4.78 is 21.9. The summed E-state index contributed by atoms with van der Waals surface area (Å²) in [6, 6.07) is 14.2. The molecule has 0 heterocycles. The Morgan fingerprint density at radius 1 is 1.00 bits per heavy atom. The number of amides is 1. The number of hydrogen-bond acceptors (Lipinski definition) is 6. The number of nitrogens with zero attached hydrogens (tertiary/aromatic N) is 1. The van der Waals surface area contributed by atoms with Gasteiger partial charge in [0.2, 0.25) is 0 Å². The number of carbonyl (C=O) groups is 2. The molecule has 1 N–H and O–H groups in total. The van der Waals surface area contributed by atoms with Gasteiger partial charge in [0.25, 0.3) is 0 Å². The summed E-state index contributed by atoms with van der Waals surface area (Å²) in [5, 5.41) is 9.25. The molecule has 0 bridgehead atoms. The summed E-state index contributed by atoms with van der Waals surface area (Å²) in [5.74, 6) is 1.24. The van der Waals surface area contributed by atoms with Crippen molar-refractivity contribution in [1.29, 1.82) is 0 Å². The van der Waals surface area contributed by atoms with Gasteiger partial charge in [0.15, 0.2) is 6.10 Å². The number of benzene rings is 2. The standard InChI is InChI=1S/C27H37NO7/c1-5-33-25(26(29)30)18-21-11-13-22(14-12-21)34-17-16-28(15-7-8-20(2)3)27(31)35-24-10-6-9-23(19-24)32-4/h6,9-14,19-20,25H,5,7-8,15-18H2,1-4H3,(H,29,30). The quantitative estimate of drug-likeness (QED) is 0.376. The minimum atomic E-state index is -0.981. The number of aliphatic carboxylic acids is 1. The van der Waals surface area contributed by atoms with Gasteiger partial charge < -0.3 is 29.0 Å². The highest BCUT2D eigenvalue weighted by Gasteiger charge is 2.18. The predicted octanol–water partition coefficient (Wildman–Crippen LogP) is 5.04. The normalized spacial score (nSPS) is 11.7. The fourth-order valence-corrected chi connectivity index (χ4v) is 3.44. The second-order valence-corrected chi connectivity index (χ2v) is 8.55. The molecule has 0 fully saturated rings. The molecule has 192 valence electrons. The van der Waals surface area contributed by atoms with Crippen LogP contribution in [0.15, 0.2) is 48.5 Å². The molecule has 0 saturated heterocycles. The van der Waals surface area contributed by atoms with Crippen LogP contribution in [0, 0.1) is 5.92 Å². The highest BCUT2D eigenvalue weighted by molar-refractivity contribution is 5.72. The van der Waals surface area contributed by atoms with Crippen molar-refractivity contribution in [2.24, 2.45) is 5.92 Å². The van der Waals surface area contributed by atoms with E-state index < -0.39 is 18.2 Å². The summed E-state index contributed by atoms with van der Waals surface area (Å²) in [6.07, 6.45) is 0.843. The molecule has 0 aliphatic rings. The summed E-state index contributed by atoms with van der Waals surface area (Å²) in [5.41, 5.74) is 0.843. The number of methoxy groups -OCH3 is 1. The molecule has 1 unspecified atom stereocenters. The van der Waals surface area contributed by atoms with Gasteiger partial charge in [-0.3, -0.25) is 0 Å². The Hall–Kier alpha value is -3.26. The van der Waals surface area contributed by atoms with E-state index in [9.17, 15) is 14.7 Å². The van der Waals surface area contributed by atoms with Gasteiger partial charge in [-0.05, 0) is 55.5 Å². The van der Waals surface area contributed by atoms with Crippen molar-refractivity contribution in [2.45, 2.75) is 46.1 Å². The van der Waals surface area contributed by atoms with Gasteiger partial charge in [0, 0.05) is 25.6 Å². The lowest BCUT2D eigenvalue weighted by atomic mass is 10.1. The van der Waals surface area contributed by atoms with E-state index in [1.165, 1.54) is 0 Å². The number of hydrogen-bond donors (Lipinski definition) is 1. The van der Waals surface area contributed by atoms with Crippen LogP contribution in [0.4, 0.5) is 4.79 Å². The SMILES string of the molecule is CCOC(Cc1ccc(OCCN(CCCC(C)C)C(=O)Oc2cccc(OC)c2)cc1)C(=O)O. The molecule has 0 radical (unpaired) electrons. The lowest BCUT2D eigenvalue weighted by Crippen LogP contribution is -2.37. The monoisotopic (exact) mass is 487 g/mol. The van der Waals surface area contributed by atoms with Crippen LogP contribution in [-0.2, 0) is 16.0 Å². The van der Waals surface area contributed by atoms with Gasteiger partial charge in [-0.15, -0.1) is 0 Å². The van der Waals surface area contributed by atoms with Crippen molar-refractivity contribution in [3.8, 4) is 17.2 Å². The molecule has 0 spiro atoms. The molecule has 2 aromatic carbocycles. The van der Waals surface area contributed by atoms with Crippen LogP contribution >= 0.6 is 0 Å². The second-order valence-electron chi connectivity index (χ2n) is 8.55. The highest BCUT2D eigenvalue weighted by Crippen LogP contribution is 2.20. The van der Waals surface area contributed by atoms with Gasteiger partial charge in [-0.25, -0.2) is 9.59 Å². The van der Waals surface area contributed by atoms with Gasteiger partial charge in [0.05, 0.1) is 13.7 Å². The molecular weight excluding hydrogens is 450 g/mol. The van der Waals surface area contributed by atoms with E-state index in [2.05, 4.69) is 13.8 Å². The van der Waals surface area contributed by atoms with E-state index in [0.717, 1.165) is 18.4 Å². The Balaban J connectivity index is 1.93. The first-order chi connectivity index (χ1) is 16.8. The third kappa shape index (κ3) is 10.3. The molecule has 0 aromatic heterocycles. The van der Waals surface area contributed by atoms with Crippen LogP contribution in [0.25, 0.3) is 0 Å². The number of rotatable bonds is 15. The molecule has 35 heavy (non-hydrogen) atoms. The zero-order valence-corrected chi connectivity index (χ0v) is 21.1. The Labute approximate surface area is 207 Å². The number of ether oxygens (including phenoxy) is 4. The number of carbonyl (C=O) groups excluding carboxylic acids is 1. The van der Waals surface area contributed by atoms with Crippen LogP contribution in [0.2, 0.25) is 0 Å². The van der Waals surface area contributed by atoms with E-state index in [1.54, 1.807) is 55.3 Å². The van der Waals surface area contributed by atoms with Gasteiger partial charge >= 0.3 is 12.1 Å². The first-order valence-corrected chi connectivity index (χ1v) is 12.0. The predicted molar refractivity (Wildman–Crippen MR) is 133 cm³/mol. The number of carboxylic acid groups (broad SMARTS) is 1. The van der Waals surface area contributed by atoms with Crippen molar-refractivity contribution in [2.75, 3.05) is 33.4 Å². The smallest absolute Gasteiger partial charge is 0.415 e. The minimum absolute atomic E-state index is 0.281. The summed E-state index contributed by atoms with van der Waals surface area (Å²) in [4.78, 5) is 25.8. The first kappa shape index (κ1) is 28.0. The molecule has 8 heteroatoms. The lowest BCUT2D eigenvalue weighted by Gasteiger charge is -2.22. The Bertz CT molecular complexity index is 914. The van der Waals surface area contributed by atoms with E-state index >= 15 is 0 Å². The third-order valence-corrected chi connectivity index (χ3v) is 5.33. The maximum atomic E-state index is 12.8. The fourth-order valence-electron chi connectivity index (χ4n) is 3.44. The van der Waals surface area contributed by atoms with Gasteiger partial charge in [-0.2, -0.15) is 0 Å². The lowest BCUT2D eigenvalue weighted by molar-refractivity contribution is -0.149. The molecule has 1 atom stereocenters. The average Bonchev–Trinajstić information content (AvgIpc) is 2.83. The van der Waals surface area contributed by atoms with Crippen LogP contribution in [-0.4, -0.2) is 61.6 Å². The zero-order chi connectivity index (χ0) is 25.6. The highest BCUT2D eigenvalue weighted by atomic mass is 16.6. The van der Waals surface area contributed by atoms with Crippen molar-refractivity contribution >= 4 is 12.1 Å². The van der Waals surface area contributed by atoms with Gasteiger partial charge in [0.1, 0.15) is 23.9 Å². The topological polar surface area (TPSA) is 94.5 Å². The van der Waals surface area contributed by atoms with E-state index in [4.69, 9.17) is 18.9 Å². The third-order valence-electron chi connectivity index (χ3n) is 5.33. The zero-order valence-electron chi connectivity index (χ0n) is 21.1. The molecule has 2 aromatic rings. The van der Waals surface area contributed by atoms with Crippen molar-refractivity contribution in [1.82, 2.24) is 4.90 Å². The molecule has 1 amide bonds. The molecule has 0 aliphatic carbocycles. The first-order valence-electron chi connectivity index (χ1n) is 12.0. The van der Waals surface area contributed by atoms with Crippen LogP contribution in [0.5, 0.6) is 17.2 Å². The average molecular weight is 488 g/mol. The molecule has 8 nitrogen and oxygen atoms in total. The van der Waals surface area contributed by atoms with E-state index in [1.807, 2.05) is 12.1 Å². The van der Waals surface area contributed by atoms with Gasteiger partial charge in [-0.1, -0.05) is 32.0 Å². The van der Waals surface area contributed by atoms with Crippen LogP contribution < -0.4 is 14.2 Å². The largest absolute Gasteiger partial charge is 0.497 e.